The largest absolute Gasteiger partial charge is 0.443 e. The van der Waals surface area contributed by atoms with Crippen LogP contribution in [0.1, 0.15) is 47.1 Å². The summed E-state index contributed by atoms with van der Waals surface area (Å²) >= 11 is 0. The third-order valence-electron chi connectivity index (χ3n) is 2.49. The zero-order chi connectivity index (χ0) is 18.7. The molecule has 130 valence electrons. The van der Waals surface area contributed by atoms with Crippen molar-refractivity contribution in [3.05, 3.63) is 29.6 Å². The molecule has 0 atom stereocenters. The molecule has 2 amide bonds. The minimum Gasteiger partial charge on any atom is -0.443 e. The topological polar surface area (TPSA) is 79.6 Å². The number of nitriles is 1. The molecule has 0 aromatic heterocycles. The average molecular weight is 336 g/mol. The Morgan fingerprint density at radius 2 is 1.50 bits per heavy atom. The maximum Gasteiger partial charge on any atom is 0.424 e. The lowest BCUT2D eigenvalue weighted by Gasteiger charge is -2.28. The van der Waals surface area contributed by atoms with Gasteiger partial charge in [-0.2, -0.15) is 10.2 Å². The predicted octanol–water partition coefficient (Wildman–Crippen LogP) is 4.37. The van der Waals surface area contributed by atoms with E-state index < -0.39 is 34.9 Å². The van der Waals surface area contributed by atoms with E-state index in [-0.39, 0.29) is 5.56 Å². The van der Waals surface area contributed by atoms with Crippen LogP contribution in [0.2, 0.25) is 0 Å². The minimum absolute atomic E-state index is 0.301. The predicted molar refractivity (Wildman–Crippen MR) is 86.1 cm³/mol. The summed E-state index contributed by atoms with van der Waals surface area (Å²) in [5.74, 6) is -1.00. The van der Waals surface area contributed by atoms with Crippen LogP contribution in [0.15, 0.2) is 18.2 Å². The van der Waals surface area contributed by atoms with E-state index in [1.54, 1.807) is 47.6 Å². The fourth-order valence-electron chi connectivity index (χ4n) is 1.67. The number of halogens is 1. The monoisotopic (exact) mass is 336 g/mol. The van der Waals surface area contributed by atoms with Crippen molar-refractivity contribution in [2.24, 2.45) is 0 Å². The first-order chi connectivity index (χ1) is 10.9. The second-order valence-electron chi connectivity index (χ2n) is 7.05. The fraction of sp³-hybridized carbons (Fsp3) is 0.471. The Hall–Kier alpha value is -2.62. The summed E-state index contributed by atoms with van der Waals surface area (Å²) in [5.41, 5.74) is -2.51. The van der Waals surface area contributed by atoms with E-state index in [9.17, 15) is 14.0 Å². The summed E-state index contributed by atoms with van der Waals surface area (Å²) in [6.45, 7) is 9.67. The molecule has 0 aliphatic rings. The van der Waals surface area contributed by atoms with Crippen molar-refractivity contribution in [1.29, 1.82) is 5.26 Å². The number of nitrogens with zero attached hydrogens (tertiary/aromatic N) is 2. The van der Waals surface area contributed by atoms with Crippen molar-refractivity contribution >= 4 is 17.9 Å². The van der Waals surface area contributed by atoms with E-state index in [0.29, 0.717) is 4.90 Å². The number of anilines is 1. The Morgan fingerprint density at radius 1 is 1.04 bits per heavy atom. The van der Waals surface area contributed by atoms with Crippen LogP contribution < -0.4 is 4.90 Å². The van der Waals surface area contributed by atoms with E-state index in [1.807, 2.05) is 0 Å². The van der Waals surface area contributed by atoms with Crippen molar-refractivity contribution in [3.8, 4) is 6.07 Å². The maximum atomic E-state index is 14.4. The maximum absolute atomic E-state index is 14.4. The summed E-state index contributed by atoms with van der Waals surface area (Å²) in [7, 11) is 0. The Kier molecular flexibility index (Phi) is 5.56. The van der Waals surface area contributed by atoms with Gasteiger partial charge in [0.2, 0.25) is 0 Å². The highest BCUT2D eigenvalue weighted by atomic mass is 19.1. The van der Waals surface area contributed by atoms with Gasteiger partial charge in [0.05, 0.1) is 11.3 Å². The Labute approximate surface area is 140 Å². The van der Waals surface area contributed by atoms with E-state index in [1.165, 1.54) is 18.2 Å². The van der Waals surface area contributed by atoms with Gasteiger partial charge in [0.15, 0.2) is 5.82 Å². The SMILES string of the molecule is CC(C)(C)OC(=O)N(C(=O)OC(C)(C)C)c1cccc(C#N)c1F. The lowest BCUT2D eigenvalue weighted by molar-refractivity contribution is 0.0429. The summed E-state index contributed by atoms with van der Waals surface area (Å²) in [6.07, 6.45) is -2.18. The van der Waals surface area contributed by atoms with Crippen LogP contribution >= 0.6 is 0 Å². The molecule has 6 nitrogen and oxygen atoms in total. The normalized spacial score (nSPS) is 11.4. The molecule has 0 saturated carbocycles. The number of carbonyl (C=O) groups is 2. The molecule has 0 heterocycles. The molecule has 0 spiro atoms. The van der Waals surface area contributed by atoms with E-state index in [4.69, 9.17) is 14.7 Å². The molecule has 0 aliphatic heterocycles. The van der Waals surface area contributed by atoms with Crippen molar-refractivity contribution in [2.75, 3.05) is 4.90 Å². The van der Waals surface area contributed by atoms with Crippen LogP contribution in [0.4, 0.5) is 19.7 Å². The number of rotatable bonds is 1. The molecule has 0 radical (unpaired) electrons. The molecule has 0 saturated heterocycles. The highest BCUT2D eigenvalue weighted by molar-refractivity contribution is 6.09. The number of hydrogen-bond donors (Lipinski definition) is 0. The van der Waals surface area contributed by atoms with E-state index in [0.717, 1.165) is 0 Å². The van der Waals surface area contributed by atoms with Gasteiger partial charge in [-0.05, 0) is 53.7 Å². The average Bonchev–Trinajstić information content (AvgIpc) is 2.36. The first-order valence-electron chi connectivity index (χ1n) is 7.30. The van der Waals surface area contributed by atoms with Gasteiger partial charge < -0.3 is 9.47 Å². The Balaban J connectivity index is 3.37. The third-order valence-corrected chi connectivity index (χ3v) is 2.49. The lowest BCUT2D eigenvalue weighted by Crippen LogP contribution is -2.44. The summed E-state index contributed by atoms with van der Waals surface area (Å²) in [5, 5.41) is 8.93. The molecule has 1 aromatic rings. The van der Waals surface area contributed by atoms with Crippen LogP contribution in [0.5, 0.6) is 0 Å². The van der Waals surface area contributed by atoms with Gasteiger partial charge in [-0.1, -0.05) is 6.07 Å². The second-order valence-corrected chi connectivity index (χ2v) is 7.05. The molecule has 0 fully saturated rings. The molecule has 7 heteroatoms. The van der Waals surface area contributed by atoms with E-state index >= 15 is 0 Å². The molecule has 1 aromatic carbocycles. The number of ether oxygens (including phenoxy) is 2. The highest BCUT2D eigenvalue weighted by Gasteiger charge is 2.34. The second kappa shape index (κ2) is 6.87. The van der Waals surface area contributed by atoms with Crippen LogP contribution in [-0.2, 0) is 9.47 Å². The van der Waals surface area contributed by atoms with Crippen LogP contribution in [-0.4, -0.2) is 23.4 Å². The van der Waals surface area contributed by atoms with Gasteiger partial charge >= 0.3 is 12.2 Å². The zero-order valence-corrected chi connectivity index (χ0v) is 14.6. The van der Waals surface area contributed by atoms with Crippen molar-refractivity contribution in [3.63, 3.8) is 0 Å². The fourth-order valence-corrected chi connectivity index (χ4v) is 1.67. The number of amides is 2. The Morgan fingerprint density at radius 3 is 1.88 bits per heavy atom. The van der Waals surface area contributed by atoms with Crippen LogP contribution in [0.3, 0.4) is 0 Å². The first kappa shape index (κ1) is 19.4. The number of imide groups is 1. The molecular formula is C17H21FN2O4. The molecule has 0 bridgehead atoms. The van der Waals surface area contributed by atoms with Crippen LogP contribution in [0, 0.1) is 17.1 Å². The number of hydrogen-bond acceptors (Lipinski definition) is 5. The zero-order valence-electron chi connectivity index (χ0n) is 14.6. The van der Waals surface area contributed by atoms with Crippen LogP contribution in [0.25, 0.3) is 0 Å². The number of benzene rings is 1. The number of carbonyl (C=O) groups excluding carboxylic acids is 2. The smallest absolute Gasteiger partial charge is 0.424 e. The quantitative estimate of drug-likeness (QED) is 0.760. The highest BCUT2D eigenvalue weighted by Crippen LogP contribution is 2.26. The molecule has 0 aliphatic carbocycles. The lowest BCUT2D eigenvalue weighted by atomic mass is 10.2. The molecule has 1 rings (SSSR count). The minimum atomic E-state index is -1.09. The van der Waals surface area contributed by atoms with Gasteiger partial charge in [0, 0.05) is 0 Å². The first-order valence-corrected chi connectivity index (χ1v) is 7.30. The van der Waals surface area contributed by atoms with Gasteiger partial charge in [0.25, 0.3) is 0 Å². The third kappa shape index (κ3) is 5.23. The summed E-state index contributed by atoms with van der Waals surface area (Å²) in [4.78, 5) is 25.2. The molecule has 24 heavy (non-hydrogen) atoms. The van der Waals surface area contributed by atoms with Crippen molar-refractivity contribution < 1.29 is 23.5 Å². The van der Waals surface area contributed by atoms with Gasteiger partial charge in [-0.15, -0.1) is 0 Å². The van der Waals surface area contributed by atoms with Gasteiger partial charge in [-0.25, -0.2) is 14.0 Å². The Bertz CT molecular complexity index is 653. The summed E-state index contributed by atoms with van der Waals surface area (Å²) in [6, 6.07) is 5.45. The molecular weight excluding hydrogens is 315 g/mol. The molecule has 0 N–H and O–H groups in total. The standard InChI is InChI=1S/C17H21FN2O4/c1-16(2,3)23-14(21)20(15(22)24-17(4,5)6)12-9-7-8-11(10-19)13(12)18/h7-9H,1-6H3. The van der Waals surface area contributed by atoms with Gasteiger partial charge in [0.1, 0.15) is 17.3 Å². The summed E-state index contributed by atoms with van der Waals surface area (Å²) < 4.78 is 24.7. The molecule has 0 unspecified atom stereocenters. The van der Waals surface area contributed by atoms with Gasteiger partial charge in [-0.3, -0.25) is 0 Å². The van der Waals surface area contributed by atoms with Crippen molar-refractivity contribution in [2.45, 2.75) is 52.7 Å². The van der Waals surface area contributed by atoms with E-state index in [2.05, 4.69) is 0 Å². The van der Waals surface area contributed by atoms with Crippen molar-refractivity contribution in [1.82, 2.24) is 0 Å².